The molecular weight excluding hydrogens is 344 g/mol. The van der Waals surface area contributed by atoms with Gasteiger partial charge in [0.25, 0.3) is 5.91 Å². The number of hydrogen-bond donors (Lipinski definition) is 2. The Morgan fingerprint density at radius 3 is 3.04 bits per heavy atom. The summed E-state index contributed by atoms with van der Waals surface area (Å²) in [6, 6.07) is 5.68. The van der Waals surface area contributed by atoms with Crippen LogP contribution in [0.4, 0.5) is 0 Å². The molecule has 0 aliphatic carbocycles. The number of H-pyrrole nitrogens is 1. The topological polar surface area (TPSA) is 88.5 Å². The fourth-order valence-corrected chi connectivity index (χ4v) is 3.99. The SMILES string of the molecule is Cc1nnc(SCCCNC(=O)c2cc(-c3cccn3C)n[nH]2)s1. The number of thioether (sulfide) groups is 1. The maximum atomic E-state index is 12.1. The number of nitrogens with zero attached hydrogens (tertiary/aromatic N) is 4. The van der Waals surface area contributed by atoms with Crippen molar-refractivity contribution in [1.82, 2.24) is 30.3 Å². The Bertz CT molecular complexity index is 821. The van der Waals surface area contributed by atoms with E-state index in [1.54, 1.807) is 29.2 Å². The van der Waals surface area contributed by atoms with Gasteiger partial charge in [0.05, 0.1) is 5.69 Å². The number of nitrogens with one attached hydrogen (secondary N) is 2. The lowest BCUT2D eigenvalue weighted by Crippen LogP contribution is -2.25. The van der Waals surface area contributed by atoms with E-state index in [2.05, 4.69) is 25.7 Å². The standard InChI is InChI=1S/C15H18N6OS2/c1-10-17-20-15(24-10)23-8-4-6-16-14(22)12-9-11(18-19-12)13-5-3-7-21(13)2/h3,5,7,9H,4,6,8H2,1-2H3,(H,16,22)(H,18,19). The Labute approximate surface area is 147 Å². The van der Waals surface area contributed by atoms with Gasteiger partial charge in [0, 0.05) is 25.5 Å². The zero-order chi connectivity index (χ0) is 16.9. The first-order valence-electron chi connectivity index (χ1n) is 7.51. The van der Waals surface area contributed by atoms with Gasteiger partial charge < -0.3 is 9.88 Å². The first-order chi connectivity index (χ1) is 11.6. The smallest absolute Gasteiger partial charge is 0.269 e. The molecule has 0 fully saturated rings. The van der Waals surface area contributed by atoms with Crippen molar-refractivity contribution in [2.75, 3.05) is 12.3 Å². The van der Waals surface area contributed by atoms with Crippen LogP contribution in [-0.4, -0.2) is 43.2 Å². The van der Waals surface area contributed by atoms with Gasteiger partial charge in [0.2, 0.25) is 0 Å². The second-order valence-electron chi connectivity index (χ2n) is 5.22. The molecule has 3 heterocycles. The molecule has 2 N–H and O–H groups in total. The molecule has 24 heavy (non-hydrogen) atoms. The minimum absolute atomic E-state index is 0.139. The highest BCUT2D eigenvalue weighted by Crippen LogP contribution is 2.22. The van der Waals surface area contributed by atoms with Gasteiger partial charge in [0.15, 0.2) is 4.34 Å². The van der Waals surface area contributed by atoms with Crippen molar-refractivity contribution in [3.05, 3.63) is 35.1 Å². The van der Waals surface area contributed by atoms with Crippen molar-refractivity contribution in [2.24, 2.45) is 7.05 Å². The second kappa shape index (κ2) is 7.63. The number of carbonyl (C=O) groups is 1. The molecule has 7 nitrogen and oxygen atoms in total. The van der Waals surface area contributed by atoms with E-state index in [0.29, 0.717) is 12.2 Å². The average molecular weight is 362 g/mol. The second-order valence-corrected chi connectivity index (χ2v) is 7.74. The molecule has 3 rings (SSSR count). The van der Waals surface area contributed by atoms with Crippen molar-refractivity contribution in [2.45, 2.75) is 17.7 Å². The van der Waals surface area contributed by atoms with Crippen LogP contribution < -0.4 is 5.32 Å². The quantitative estimate of drug-likeness (QED) is 0.498. The zero-order valence-corrected chi connectivity index (χ0v) is 15.1. The molecule has 0 spiro atoms. The summed E-state index contributed by atoms with van der Waals surface area (Å²) in [5.41, 5.74) is 2.20. The van der Waals surface area contributed by atoms with Crippen LogP contribution in [-0.2, 0) is 7.05 Å². The lowest BCUT2D eigenvalue weighted by molar-refractivity contribution is 0.0949. The molecule has 0 saturated heterocycles. The maximum absolute atomic E-state index is 12.1. The highest BCUT2D eigenvalue weighted by molar-refractivity contribution is 8.01. The van der Waals surface area contributed by atoms with Crippen LogP contribution in [0.1, 0.15) is 21.9 Å². The zero-order valence-electron chi connectivity index (χ0n) is 13.4. The average Bonchev–Trinajstić information content (AvgIpc) is 3.27. The molecule has 3 aromatic rings. The normalized spacial score (nSPS) is 10.9. The van der Waals surface area contributed by atoms with Gasteiger partial charge in [-0.1, -0.05) is 23.1 Å². The van der Waals surface area contributed by atoms with Crippen molar-refractivity contribution in [1.29, 1.82) is 0 Å². The lowest BCUT2D eigenvalue weighted by atomic mass is 10.2. The third-order valence-electron chi connectivity index (χ3n) is 3.37. The third-order valence-corrected chi connectivity index (χ3v) is 5.43. The van der Waals surface area contributed by atoms with Crippen molar-refractivity contribution in [3.8, 4) is 11.4 Å². The van der Waals surface area contributed by atoms with Gasteiger partial charge in [-0.05, 0) is 31.5 Å². The maximum Gasteiger partial charge on any atom is 0.269 e. The molecule has 0 aromatic carbocycles. The van der Waals surface area contributed by atoms with Crippen LogP contribution in [0.5, 0.6) is 0 Å². The first kappa shape index (κ1) is 16.7. The fraction of sp³-hybridized carbons (Fsp3) is 0.333. The highest BCUT2D eigenvalue weighted by atomic mass is 32.2. The van der Waals surface area contributed by atoms with Crippen molar-refractivity contribution in [3.63, 3.8) is 0 Å². The molecule has 1 amide bonds. The number of amides is 1. The summed E-state index contributed by atoms with van der Waals surface area (Å²) < 4.78 is 2.93. The first-order valence-corrected chi connectivity index (χ1v) is 9.32. The highest BCUT2D eigenvalue weighted by Gasteiger charge is 2.12. The molecule has 0 saturated carbocycles. The number of aromatic amines is 1. The van der Waals surface area contributed by atoms with E-state index in [1.165, 1.54) is 0 Å². The van der Waals surface area contributed by atoms with Crippen LogP contribution >= 0.6 is 23.1 Å². The summed E-state index contributed by atoms with van der Waals surface area (Å²) in [4.78, 5) is 12.1. The van der Waals surface area contributed by atoms with Crippen LogP contribution in [0.2, 0.25) is 0 Å². The predicted molar refractivity (Wildman–Crippen MR) is 95.3 cm³/mol. The van der Waals surface area contributed by atoms with Crippen LogP contribution in [0.25, 0.3) is 11.4 Å². The summed E-state index contributed by atoms with van der Waals surface area (Å²) in [5, 5.41) is 18.9. The van der Waals surface area contributed by atoms with Crippen LogP contribution in [0, 0.1) is 6.92 Å². The van der Waals surface area contributed by atoms with E-state index in [4.69, 9.17) is 0 Å². The van der Waals surface area contributed by atoms with Gasteiger partial charge in [-0.3, -0.25) is 9.89 Å². The number of rotatable bonds is 7. The molecule has 0 atom stereocenters. The van der Waals surface area contributed by atoms with E-state index < -0.39 is 0 Å². The third kappa shape index (κ3) is 4.04. The summed E-state index contributed by atoms with van der Waals surface area (Å²) in [7, 11) is 1.95. The molecule has 0 aliphatic rings. The largest absolute Gasteiger partial charge is 0.351 e. The number of aromatic nitrogens is 5. The van der Waals surface area contributed by atoms with E-state index in [-0.39, 0.29) is 5.91 Å². The van der Waals surface area contributed by atoms with Gasteiger partial charge in [-0.2, -0.15) is 5.10 Å². The fourth-order valence-electron chi connectivity index (χ4n) is 2.16. The predicted octanol–water partition coefficient (Wildman–Crippen LogP) is 2.49. The molecule has 9 heteroatoms. The van der Waals surface area contributed by atoms with Gasteiger partial charge >= 0.3 is 0 Å². The molecule has 0 radical (unpaired) electrons. The van der Waals surface area contributed by atoms with Gasteiger partial charge in [0.1, 0.15) is 16.4 Å². The molecule has 0 aliphatic heterocycles. The van der Waals surface area contributed by atoms with E-state index in [9.17, 15) is 4.79 Å². The molecule has 3 aromatic heterocycles. The van der Waals surface area contributed by atoms with Crippen LogP contribution in [0.15, 0.2) is 28.7 Å². The van der Waals surface area contributed by atoms with Gasteiger partial charge in [-0.15, -0.1) is 10.2 Å². The molecule has 126 valence electrons. The van der Waals surface area contributed by atoms with Gasteiger partial charge in [-0.25, -0.2) is 0 Å². The summed E-state index contributed by atoms with van der Waals surface area (Å²) in [6.07, 6.45) is 2.81. The number of aryl methyl sites for hydroxylation is 2. The minimum Gasteiger partial charge on any atom is -0.351 e. The number of carbonyl (C=O) groups excluding carboxylic acids is 1. The van der Waals surface area contributed by atoms with E-state index in [1.807, 2.05) is 36.9 Å². The Kier molecular flexibility index (Phi) is 5.31. The lowest BCUT2D eigenvalue weighted by Gasteiger charge is -2.02. The summed E-state index contributed by atoms with van der Waals surface area (Å²) in [5.74, 6) is 0.756. The van der Waals surface area contributed by atoms with E-state index >= 15 is 0 Å². The Morgan fingerprint density at radius 1 is 1.46 bits per heavy atom. The van der Waals surface area contributed by atoms with Crippen molar-refractivity contribution >= 4 is 29.0 Å². The molecule has 0 bridgehead atoms. The monoisotopic (exact) mass is 362 g/mol. The van der Waals surface area contributed by atoms with Crippen molar-refractivity contribution < 1.29 is 4.79 Å². The van der Waals surface area contributed by atoms with Crippen LogP contribution in [0.3, 0.4) is 0 Å². The minimum atomic E-state index is -0.139. The Balaban J connectivity index is 1.44. The summed E-state index contributed by atoms with van der Waals surface area (Å²) in [6.45, 7) is 2.55. The molecular formula is C15H18N6OS2. The molecule has 0 unspecified atom stereocenters. The van der Waals surface area contributed by atoms with E-state index in [0.717, 1.165) is 32.9 Å². The summed E-state index contributed by atoms with van der Waals surface area (Å²) >= 11 is 3.25. The number of hydrogen-bond acceptors (Lipinski definition) is 6. The Morgan fingerprint density at radius 2 is 2.33 bits per heavy atom. The Hall–Kier alpha value is -2.13.